The molecule has 1 aromatic heterocycles. The number of ether oxygens (including phenoxy) is 3. The molecule has 1 heterocycles. The van der Waals surface area contributed by atoms with Gasteiger partial charge in [-0.1, -0.05) is 11.6 Å². The predicted molar refractivity (Wildman–Crippen MR) is 165 cm³/mol. The van der Waals surface area contributed by atoms with E-state index < -0.39 is 53.3 Å². The van der Waals surface area contributed by atoms with Crippen LogP contribution in [0.3, 0.4) is 0 Å². The first-order valence-electron chi connectivity index (χ1n) is 14.5. The minimum Gasteiger partial charge on any atom is -0.493 e. The molecular weight excluding hydrogens is 630 g/mol. The monoisotopic (exact) mass is 665 g/mol. The molecule has 13 heteroatoms. The molecule has 0 radical (unpaired) electrons. The number of carbonyl (C=O) groups excluding carboxylic acids is 2. The summed E-state index contributed by atoms with van der Waals surface area (Å²) in [5, 5.41) is 4.80. The summed E-state index contributed by atoms with van der Waals surface area (Å²) in [5.74, 6) is -3.02. The number of hydrogen-bond donors (Lipinski definition) is 2. The molecule has 1 atom stereocenters. The summed E-state index contributed by atoms with van der Waals surface area (Å²) in [7, 11) is 1.40. The van der Waals surface area contributed by atoms with Crippen molar-refractivity contribution in [3.63, 3.8) is 0 Å². The molecule has 1 saturated carbocycles. The molecule has 1 aliphatic carbocycles. The molecule has 4 rings (SSSR count). The Balaban J connectivity index is 1.69. The third-order valence-electron chi connectivity index (χ3n) is 7.06. The number of rotatable bonds is 10. The predicted octanol–water partition coefficient (Wildman–Crippen LogP) is 7.93. The van der Waals surface area contributed by atoms with Crippen molar-refractivity contribution in [2.45, 2.75) is 76.8 Å². The van der Waals surface area contributed by atoms with E-state index in [1.54, 1.807) is 34.6 Å². The lowest BCUT2D eigenvalue weighted by Gasteiger charge is -2.30. The van der Waals surface area contributed by atoms with Gasteiger partial charge in [-0.2, -0.15) is 13.2 Å². The van der Waals surface area contributed by atoms with E-state index in [1.165, 1.54) is 49.6 Å². The standard InChI is InChI=1S/C33H36ClF4N3O5/c1-31(2,3)46-30(43)41-32(4,5)20-15-25(18-7-11-24(35)23(34)13-18)40-26(16-20)22(33(36,37)38)17-39-29(42)19-8-12-27(28(14-19)44-6)45-21-9-10-21/h7-8,11-16,21-22H,9-10,17H2,1-6H3,(H,39,42)(H,41,43). The third-order valence-corrected chi connectivity index (χ3v) is 7.35. The van der Waals surface area contributed by atoms with Crippen LogP contribution in [0.15, 0.2) is 48.5 Å². The zero-order valence-corrected chi connectivity index (χ0v) is 27.0. The van der Waals surface area contributed by atoms with Crippen molar-refractivity contribution in [2.75, 3.05) is 13.7 Å². The SMILES string of the molecule is COc1cc(C(=O)NCC(c2cc(C(C)(C)NC(=O)OC(C)(C)C)cc(-c3ccc(F)c(Cl)c3)n2)C(F)(F)F)ccc1OC1CC1. The Kier molecular flexibility index (Phi) is 10.1. The highest BCUT2D eigenvalue weighted by molar-refractivity contribution is 6.31. The summed E-state index contributed by atoms with van der Waals surface area (Å²) < 4.78 is 74.3. The van der Waals surface area contributed by atoms with Crippen molar-refractivity contribution >= 4 is 23.6 Å². The van der Waals surface area contributed by atoms with E-state index in [-0.39, 0.29) is 39.3 Å². The summed E-state index contributed by atoms with van der Waals surface area (Å²) >= 11 is 5.98. The number of nitrogens with zero attached hydrogens (tertiary/aromatic N) is 1. The van der Waals surface area contributed by atoms with Gasteiger partial charge in [0, 0.05) is 17.7 Å². The lowest BCUT2D eigenvalue weighted by molar-refractivity contribution is -0.149. The maximum atomic E-state index is 14.6. The van der Waals surface area contributed by atoms with Gasteiger partial charge >= 0.3 is 12.3 Å². The van der Waals surface area contributed by atoms with Crippen molar-refractivity contribution in [1.29, 1.82) is 0 Å². The highest BCUT2D eigenvalue weighted by atomic mass is 35.5. The van der Waals surface area contributed by atoms with E-state index in [9.17, 15) is 27.2 Å². The van der Waals surface area contributed by atoms with Crippen LogP contribution in [0.2, 0.25) is 5.02 Å². The molecule has 2 N–H and O–H groups in total. The molecule has 0 bridgehead atoms. The molecule has 0 spiro atoms. The zero-order chi connectivity index (χ0) is 34.0. The van der Waals surface area contributed by atoms with Crippen molar-refractivity contribution in [1.82, 2.24) is 15.6 Å². The van der Waals surface area contributed by atoms with Crippen LogP contribution in [-0.2, 0) is 10.3 Å². The van der Waals surface area contributed by atoms with Crippen LogP contribution in [-0.4, -0.2) is 48.5 Å². The number of benzene rings is 2. The van der Waals surface area contributed by atoms with Crippen molar-refractivity contribution in [3.8, 4) is 22.8 Å². The number of alkyl halides is 3. The fourth-order valence-corrected chi connectivity index (χ4v) is 4.66. The van der Waals surface area contributed by atoms with Crippen LogP contribution < -0.4 is 20.1 Å². The molecular formula is C33H36ClF4N3O5. The normalized spacial score (nSPS) is 14.3. The highest BCUT2D eigenvalue weighted by Gasteiger charge is 2.43. The lowest BCUT2D eigenvalue weighted by Crippen LogP contribution is -2.44. The van der Waals surface area contributed by atoms with Gasteiger partial charge in [0.15, 0.2) is 11.5 Å². The van der Waals surface area contributed by atoms with Gasteiger partial charge in [-0.3, -0.25) is 9.78 Å². The third kappa shape index (κ3) is 9.02. The average molecular weight is 666 g/mol. The van der Waals surface area contributed by atoms with Crippen LogP contribution in [0.25, 0.3) is 11.3 Å². The van der Waals surface area contributed by atoms with E-state index >= 15 is 0 Å². The number of aromatic nitrogens is 1. The molecule has 1 fully saturated rings. The van der Waals surface area contributed by atoms with Gasteiger partial charge in [-0.05, 0) is 102 Å². The fourth-order valence-electron chi connectivity index (χ4n) is 4.48. The topological polar surface area (TPSA) is 98.8 Å². The number of methoxy groups -OCH3 is 1. The first kappa shape index (κ1) is 34.8. The van der Waals surface area contributed by atoms with E-state index in [1.807, 2.05) is 0 Å². The second-order valence-corrected chi connectivity index (χ2v) is 12.9. The number of halogens is 5. The molecule has 2 aromatic carbocycles. The van der Waals surface area contributed by atoms with Crippen molar-refractivity contribution < 1.29 is 41.4 Å². The summed E-state index contributed by atoms with van der Waals surface area (Å²) in [4.78, 5) is 30.0. The van der Waals surface area contributed by atoms with Crippen LogP contribution >= 0.6 is 11.6 Å². The first-order chi connectivity index (χ1) is 21.4. The van der Waals surface area contributed by atoms with Gasteiger partial charge < -0.3 is 24.8 Å². The number of alkyl carbamates (subject to hydrolysis) is 1. The second-order valence-electron chi connectivity index (χ2n) is 12.5. The number of carbonyl (C=O) groups is 2. The maximum absolute atomic E-state index is 14.6. The molecule has 1 unspecified atom stereocenters. The Hall–Kier alpha value is -4.06. The summed E-state index contributed by atoms with van der Waals surface area (Å²) in [6, 6.07) is 10.7. The molecule has 1 aliphatic rings. The highest BCUT2D eigenvalue weighted by Crippen LogP contribution is 2.38. The van der Waals surface area contributed by atoms with Gasteiger partial charge in [0.1, 0.15) is 17.3 Å². The van der Waals surface area contributed by atoms with E-state index in [0.717, 1.165) is 18.9 Å². The van der Waals surface area contributed by atoms with Gasteiger partial charge in [-0.25, -0.2) is 9.18 Å². The van der Waals surface area contributed by atoms with Gasteiger partial charge in [0.2, 0.25) is 0 Å². The number of pyridine rings is 1. The molecule has 248 valence electrons. The molecule has 0 saturated heterocycles. The van der Waals surface area contributed by atoms with Crippen LogP contribution in [0.4, 0.5) is 22.4 Å². The van der Waals surface area contributed by atoms with Gasteiger partial charge in [0.25, 0.3) is 5.91 Å². The largest absolute Gasteiger partial charge is 0.493 e. The fraction of sp³-hybridized carbons (Fsp3) is 0.424. The quantitative estimate of drug-likeness (QED) is 0.214. The smallest absolute Gasteiger partial charge is 0.408 e. The Morgan fingerprint density at radius 1 is 1.00 bits per heavy atom. The molecule has 46 heavy (non-hydrogen) atoms. The molecule has 8 nitrogen and oxygen atoms in total. The van der Waals surface area contributed by atoms with E-state index in [2.05, 4.69) is 15.6 Å². The first-order valence-corrected chi connectivity index (χ1v) is 14.9. The Morgan fingerprint density at radius 3 is 2.28 bits per heavy atom. The van der Waals surface area contributed by atoms with Crippen LogP contribution in [0, 0.1) is 5.82 Å². The summed E-state index contributed by atoms with van der Waals surface area (Å²) in [6.07, 6.45) is -3.75. The summed E-state index contributed by atoms with van der Waals surface area (Å²) in [5.41, 5.74) is -1.90. The van der Waals surface area contributed by atoms with Gasteiger partial charge in [-0.15, -0.1) is 0 Å². The average Bonchev–Trinajstić information content (AvgIpc) is 3.76. The number of amides is 2. The molecule has 0 aliphatic heterocycles. The Labute approximate surface area is 269 Å². The maximum Gasteiger partial charge on any atom is 0.408 e. The number of hydrogen-bond acceptors (Lipinski definition) is 6. The van der Waals surface area contributed by atoms with E-state index in [0.29, 0.717) is 5.75 Å². The summed E-state index contributed by atoms with van der Waals surface area (Å²) in [6.45, 7) is 7.35. The van der Waals surface area contributed by atoms with Crippen molar-refractivity contribution in [3.05, 3.63) is 76.2 Å². The molecule has 3 aromatic rings. The minimum absolute atomic E-state index is 0.0463. The zero-order valence-electron chi connectivity index (χ0n) is 26.3. The van der Waals surface area contributed by atoms with Gasteiger partial charge in [0.05, 0.1) is 35.2 Å². The van der Waals surface area contributed by atoms with Crippen LogP contribution in [0.5, 0.6) is 11.5 Å². The van der Waals surface area contributed by atoms with Crippen LogP contribution in [0.1, 0.15) is 75.0 Å². The second kappa shape index (κ2) is 13.4. The van der Waals surface area contributed by atoms with Crippen molar-refractivity contribution in [2.24, 2.45) is 0 Å². The van der Waals surface area contributed by atoms with E-state index in [4.69, 9.17) is 25.8 Å². The molecule has 2 amide bonds. The number of nitrogens with one attached hydrogen (secondary N) is 2. The minimum atomic E-state index is -4.85. The lowest BCUT2D eigenvalue weighted by atomic mass is 9.90. The Bertz CT molecular complexity index is 1600. The Morgan fingerprint density at radius 2 is 1.70 bits per heavy atom.